The fourth-order valence-corrected chi connectivity index (χ4v) is 1.13. The Morgan fingerprint density at radius 1 is 1.82 bits per heavy atom. The van der Waals surface area contributed by atoms with Gasteiger partial charge in [-0.3, -0.25) is 4.79 Å². The second kappa shape index (κ2) is 3.28. The summed E-state index contributed by atoms with van der Waals surface area (Å²) in [5.74, 6) is 0.310. The number of furan rings is 1. The van der Waals surface area contributed by atoms with E-state index in [1.54, 1.807) is 0 Å². The molecule has 1 rings (SSSR count). The van der Waals surface area contributed by atoms with Crippen LogP contribution in [0.2, 0.25) is 0 Å². The minimum absolute atomic E-state index is 0.0652. The number of ether oxygens (including phenoxy) is 1. The average Bonchev–Trinajstić information content (AvgIpc) is 2.31. The molecule has 3 nitrogen and oxygen atoms in total. The van der Waals surface area contributed by atoms with Crippen molar-refractivity contribution in [3.05, 3.63) is 16.3 Å². The van der Waals surface area contributed by atoms with Gasteiger partial charge in [-0.1, -0.05) is 0 Å². The predicted octanol–water partition coefficient (Wildman–Crippen LogP) is 2.43. The first-order valence-electron chi connectivity index (χ1n) is 2.68. The first-order chi connectivity index (χ1) is 5.15. The van der Waals surface area contributed by atoms with Crippen LogP contribution in [0.15, 0.2) is 15.0 Å². The van der Waals surface area contributed by atoms with Crippen molar-refractivity contribution in [1.82, 2.24) is 0 Å². The summed E-state index contributed by atoms with van der Waals surface area (Å²) in [5, 5.41) is -0.644. The third-order valence-electron chi connectivity index (χ3n) is 1.03. The first-order valence-corrected chi connectivity index (χ1v) is 3.85. The van der Waals surface area contributed by atoms with Crippen LogP contribution >= 0.6 is 27.5 Å². The molecule has 0 unspecified atom stereocenters. The number of halogens is 2. The summed E-state index contributed by atoms with van der Waals surface area (Å²) >= 11 is 8.25. The lowest BCUT2D eigenvalue weighted by Gasteiger charge is -1.90. The highest BCUT2D eigenvalue weighted by Gasteiger charge is 2.13. The van der Waals surface area contributed by atoms with E-state index in [1.807, 2.05) is 0 Å². The van der Waals surface area contributed by atoms with E-state index in [0.717, 1.165) is 0 Å². The van der Waals surface area contributed by atoms with E-state index in [4.69, 9.17) is 20.8 Å². The van der Waals surface area contributed by atoms with E-state index in [2.05, 4.69) is 15.9 Å². The van der Waals surface area contributed by atoms with Crippen molar-refractivity contribution >= 4 is 32.8 Å². The van der Waals surface area contributed by atoms with Crippen LogP contribution < -0.4 is 4.74 Å². The number of carbonyl (C=O) groups excluding carboxylic acids is 1. The Balaban J connectivity index is 3.05. The Morgan fingerprint density at radius 3 is 2.73 bits per heavy atom. The van der Waals surface area contributed by atoms with Crippen LogP contribution in [0.1, 0.15) is 10.6 Å². The third-order valence-corrected chi connectivity index (χ3v) is 1.77. The second-order valence-corrected chi connectivity index (χ2v) is 2.92. The van der Waals surface area contributed by atoms with Crippen molar-refractivity contribution in [2.45, 2.75) is 0 Å². The van der Waals surface area contributed by atoms with Gasteiger partial charge in [0.05, 0.1) is 7.11 Å². The quantitative estimate of drug-likeness (QED) is 0.744. The van der Waals surface area contributed by atoms with Crippen LogP contribution in [0, 0.1) is 0 Å². The normalized spacial score (nSPS) is 9.73. The Labute approximate surface area is 76.4 Å². The standard InChI is InChI=1S/C6H4BrClO3/c1-10-6-3(7)2-4(11-6)5(8)9/h2H,1H3. The summed E-state index contributed by atoms with van der Waals surface area (Å²) in [6.07, 6.45) is 0. The highest BCUT2D eigenvalue weighted by atomic mass is 79.9. The molecule has 5 heteroatoms. The number of methoxy groups -OCH3 is 1. The van der Waals surface area contributed by atoms with Gasteiger partial charge in [-0.15, -0.1) is 0 Å². The van der Waals surface area contributed by atoms with E-state index in [0.29, 0.717) is 4.47 Å². The molecule has 11 heavy (non-hydrogen) atoms. The largest absolute Gasteiger partial charge is 0.468 e. The highest BCUT2D eigenvalue weighted by molar-refractivity contribution is 9.10. The van der Waals surface area contributed by atoms with Crippen molar-refractivity contribution in [3.63, 3.8) is 0 Å². The Bertz CT molecular complexity index is 281. The molecule has 0 fully saturated rings. The molecular weight excluding hydrogens is 235 g/mol. The van der Waals surface area contributed by atoms with Gasteiger partial charge >= 0.3 is 0 Å². The van der Waals surface area contributed by atoms with E-state index in [1.165, 1.54) is 13.2 Å². The second-order valence-electron chi connectivity index (χ2n) is 1.72. The molecule has 0 saturated carbocycles. The average molecular weight is 239 g/mol. The SMILES string of the molecule is COc1oc(C(=O)Cl)cc1Br. The first kappa shape index (κ1) is 8.62. The zero-order valence-corrected chi connectivity index (χ0v) is 7.90. The molecule has 0 aromatic carbocycles. The number of carbonyl (C=O) groups is 1. The van der Waals surface area contributed by atoms with Crippen LogP contribution in [-0.4, -0.2) is 12.4 Å². The van der Waals surface area contributed by atoms with Crippen LogP contribution in [0.25, 0.3) is 0 Å². The smallest absolute Gasteiger partial charge is 0.299 e. The van der Waals surface area contributed by atoms with Crippen LogP contribution in [0.5, 0.6) is 5.95 Å². The fourth-order valence-electron chi connectivity index (χ4n) is 0.588. The zero-order valence-electron chi connectivity index (χ0n) is 5.56. The maximum Gasteiger partial charge on any atom is 0.299 e. The highest BCUT2D eigenvalue weighted by Crippen LogP contribution is 2.29. The lowest BCUT2D eigenvalue weighted by atomic mass is 10.5. The predicted molar refractivity (Wildman–Crippen MR) is 43.1 cm³/mol. The molecule has 0 saturated heterocycles. The molecule has 0 aliphatic rings. The summed E-state index contributed by atoms with van der Waals surface area (Å²) < 4.78 is 10.2. The molecule has 0 spiro atoms. The van der Waals surface area contributed by atoms with Gasteiger partial charge in [0.2, 0.25) is 0 Å². The maximum atomic E-state index is 10.5. The van der Waals surface area contributed by atoms with Crippen LogP contribution in [0.3, 0.4) is 0 Å². The molecular formula is C6H4BrClO3. The van der Waals surface area contributed by atoms with Gasteiger partial charge < -0.3 is 9.15 Å². The molecule has 0 bridgehead atoms. The lowest BCUT2D eigenvalue weighted by molar-refractivity contribution is 0.105. The fraction of sp³-hybridized carbons (Fsp3) is 0.167. The molecule has 0 atom stereocenters. The Morgan fingerprint density at radius 2 is 2.45 bits per heavy atom. The monoisotopic (exact) mass is 238 g/mol. The molecule has 1 aromatic heterocycles. The molecule has 0 N–H and O–H groups in total. The minimum atomic E-state index is -0.644. The van der Waals surface area contributed by atoms with Crippen molar-refractivity contribution in [2.24, 2.45) is 0 Å². The van der Waals surface area contributed by atoms with Gasteiger partial charge in [0, 0.05) is 6.07 Å². The van der Waals surface area contributed by atoms with Crippen molar-refractivity contribution < 1.29 is 13.9 Å². The van der Waals surface area contributed by atoms with E-state index < -0.39 is 5.24 Å². The summed E-state index contributed by atoms with van der Waals surface area (Å²) in [7, 11) is 1.44. The molecule has 1 heterocycles. The van der Waals surface area contributed by atoms with E-state index >= 15 is 0 Å². The van der Waals surface area contributed by atoms with Gasteiger partial charge in [-0.2, -0.15) is 0 Å². The Kier molecular flexibility index (Phi) is 2.57. The summed E-state index contributed by atoms with van der Waals surface area (Å²) in [4.78, 5) is 10.5. The molecule has 60 valence electrons. The third kappa shape index (κ3) is 1.75. The molecule has 0 amide bonds. The minimum Gasteiger partial charge on any atom is -0.468 e. The van der Waals surface area contributed by atoms with Crippen molar-refractivity contribution in [1.29, 1.82) is 0 Å². The van der Waals surface area contributed by atoms with Gasteiger partial charge in [0.1, 0.15) is 4.47 Å². The molecule has 0 aliphatic heterocycles. The molecule has 1 aromatic rings. The number of rotatable bonds is 2. The number of hydrogen-bond donors (Lipinski definition) is 0. The van der Waals surface area contributed by atoms with Crippen LogP contribution in [0.4, 0.5) is 0 Å². The topological polar surface area (TPSA) is 39.4 Å². The lowest BCUT2D eigenvalue weighted by Crippen LogP contribution is -1.82. The van der Waals surface area contributed by atoms with E-state index in [9.17, 15) is 4.79 Å². The van der Waals surface area contributed by atoms with Crippen LogP contribution in [-0.2, 0) is 0 Å². The number of hydrogen-bond acceptors (Lipinski definition) is 3. The van der Waals surface area contributed by atoms with Gasteiger partial charge in [0.25, 0.3) is 11.2 Å². The van der Waals surface area contributed by atoms with Crippen molar-refractivity contribution in [2.75, 3.05) is 7.11 Å². The van der Waals surface area contributed by atoms with E-state index in [-0.39, 0.29) is 11.7 Å². The molecule has 0 radical (unpaired) electrons. The summed E-state index contributed by atoms with van der Waals surface area (Å²) in [6.45, 7) is 0. The van der Waals surface area contributed by atoms with Crippen molar-refractivity contribution in [3.8, 4) is 5.95 Å². The molecule has 0 aliphatic carbocycles. The Hall–Kier alpha value is -0.480. The van der Waals surface area contributed by atoms with Gasteiger partial charge in [-0.05, 0) is 27.5 Å². The summed E-state index contributed by atoms with van der Waals surface area (Å²) in [5.41, 5.74) is 0. The zero-order chi connectivity index (χ0) is 8.43. The maximum absolute atomic E-state index is 10.5. The van der Waals surface area contributed by atoms with Gasteiger partial charge in [-0.25, -0.2) is 0 Å². The summed E-state index contributed by atoms with van der Waals surface area (Å²) in [6, 6.07) is 1.45. The van der Waals surface area contributed by atoms with Gasteiger partial charge in [0.15, 0.2) is 5.76 Å².